The first-order valence-corrected chi connectivity index (χ1v) is 15.1. The molecule has 1 atom stereocenters. The van der Waals surface area contributed by atoms with E-state index >= 15 is 8.78 Å². The van der Waals surface area contributed by atoms with E-state index in [0.717, 1.165) is 10.4 Å². The van der Waals surface area contributed by atoms with Gasteiger partial charge in [-0.25, -0.2) is 4.79 Å². The second kappa shape index (κ2) is 11.1. The molecule has 1 aliphatic rings. The van der Waals surface area contributed by atoms with Gasteiger partial charge in [0, 0.05) is 24.4 Å². The lowest BCUT2D eigenvalue weighted by Gasteiger charge is -2.43. The van der Waals surface area contributed by atoms with Gasteiger partial charge in [0.2, 0.25) is 0 Å². The first-order chi connectivity index (χ1) is 18.4. The predicted octanol–water partition coefficient (Wildman–Crippen LogP) is 5.84. The van der Waals surface area contributed by atoms with Gasteiger partial charge < -0.3 is 14.4 Å². The molecule has 0 spiro atoms. The summed E-state index contributed by atoms with van der Waals surface area (Å²) in [5.41, 5.74) is 1.05. The van der Waals surface area contributed by atoms with Crippen LogP contribution in [0.5, 0.6) is 0 Å². The van der Waals surface area contributed by atoms with E-state index in [9.17, 15) is 9.90 Å². The lowest BCUT2D eigenvalue weighted by molar-refractivity contribution is -0.0195. The molecule has 0 saturated heterocycles. The van der Waals surface area contributed by atoms with Gasteiger partial charge in [0.05, 0.1) is 18.8 Å². The molecule has 0 saturated carbocycles. The summed E-state index contributed by atoms with van der Waals surface area (Å²) in [5.74, 6) is -3.22. The minimum absolute atomic E-state index is 0.0536. The number of benzene rings is 2. The largest absolute Gasteiger partial charge is 0.465 e. The normalized spacial score (nSPS) is 16.2. The van der Waals surface area contributed by atoms with Crippen molar-refractivity contribution in [1.82, 2.24) is 15.1 Å². The van der Waals surface area contributed by atoms with Crippen molar-refractivity contribution in [3.63, 3.8) is 0 Å². The van der Waals surface area contributed by atoms with E-state index in [2.05, 4.69) is 61.8 Å². The number of aromatic nitrogens is 2. The van der Waals surface area contributed by atoms with Crippen LogP contribution in [-0.2, 0) is 23.3 Å². The number of hydrogen-bond donors (Lipinski definition) is 2. The third-order valence-corrected chi connectivity index (χ3v) is 12.6. The average Bonchev–Trinajstić information content (AvgIpc) is 3.31. The maximum absolute atomic E-state index is 15.4. The molecule has 1 aromatic heterocycles. The monoisotopic (exact) mass is 553 g/mol. The number of carboxylic acid groups (broad SMARTS) is 1. The number of amides is 1. The van der Waals surface area contributed by atoms with Gasteiger partial charge in [0.15, 0.2) is 0 Å². The Morgan fingerprint density at radius 1 is 1.13 bits per heavy atom. The SMILES string of the molecule is C=C(CCC(F)(F)c1[nH]nc2c1CN(C(=O)O)[C@H](C)C2)CO[Si](c1ccccc1)(c1ccccc1)C(C)(C)C. The Balaban J connectivity index is 1.52. The molecule has 2 aromatic carbocycles. The van der Waals surface area contributed by atoms with Crippen molar-refractivity contribution in [2.75, 3.05) is 6.61 Å². The number of carbonyl (C=O) groups is 1. The van der Waals surface area contributed by atoms with Crippen LogP contribution in [0.1, 0.15) is 57.5 Å². The van der Waals surface area contributed by atoms with E-state index in [1.807, 2.05) is 36.4 Å². The second-order valence-corrected chi connectivity index (χ2v) is 15.7. The van der Waals surface area contributed by atoms with Crippen molar-refractivity contribution in [2.24, 2.45) is 0 Å². The highest BCUT2D eigenvalue weighted by Gasteiger charge is 2.50. The Morgan fingerprint density at radius 3 is 2.21 bits per heavy atom. The van der Waals surface area contributed by atoms with Crippen LogP contribution in [0.4, 0.5) is 13.6 Å². The van der Waals surface area contributed by atoms with Crippen LogP contribution in [0.15, 0.2) is 72.8 Å². The maximum Gasteiger partial charge on any atom is 0.407 e. The van der Waals surface area contributed by atoms with Gasteiger partial charge in [0.25, 0.3) is 14.2 Å². The Hall–Kier alpha value is -3.30. The Labute approximate surface area is 229 Å². The number of fused-ring (bicyclic) bond motifs is 1. The van der Waals surface area contributed by atoms with E-state index in [1.165, 1.54) is 4.90 Å². The van der Waals surface area contributed by atoms with Crippen LogP contribution in [0.2, 0.25) is 5.04 Å². The van der Waals surface area contributed by atoms with Crippen molar-refractivity contribution in [1.29, 1.82) is 0 Å². The van der Waals surface area contributed by atoms with Crippen LogP contribution in [0.25, 0.3) is 0 Å². The fourth-order valence-electron chi connectivity index (χ4n) is 5.52. The van der Waals surface area contributed by atoms with Gasteiger partial charge in [-0.3, -0.25) is 5.10 Å². The van der Waals surface area contributed by atoms with Crippen molar-refractivity contribution >= 4 is 24.8 Å². The standard InChI is InChI=1S/C30H37F2N3O3Si/c1-21(16-17-30(31,32)27-25-19-35(28(36)37)22(2)18-26(25)33-34-27)20-38-39(29(3,4)5,23-12-8-6-9-13-23)24-14-10-7-11-15-24/h6-15,22H,1,16-20H2,2-5H3,(H,33,34)(H,36,37)/t22-/m1/s1. The van der Waals surface area contributed by atoms with Gasteiger partial charge in [-0.05, 0) is 28.8 Å². The average molecular weight is 554 g/mol. The minimum Gasteiger partial charge on any atom is -0.465 e. The third-order valence-electron chi connectivity index (χ3n) is 7.62. The highest BCUT2D eigenvalue weighted by Crippen LogP contribution is 2.39. The third kappa shape index (κ3) is 5.70. The molecule has 0 aliphatic carbocycles. The smallest absolute Gasteiger partial charge is 0.407 e. The number of nitrogens with zero attached hydrogens (tertiary/aromatic N) is 2. The summed E-state index contributed by atoms with van der Waals surface area (Å²) >= 11 is 0. The number of aromatic amines is 1. The molecule has 0 radical (unpaired) electrons. The first-order valence-electron chi connectivity index (χ1n) is 13.2. The number of rotatable bonds is 9. The molecule has 39 heavy (non-hydrogen) atoms. The highest BCUT2D eigenvalue weighted by atomic mass is 28.4. The molecule has 0 bridgehead atoms. The first kappa shape index (κ1) is 28.7. The van der Waals surface area contributed by atoms with E-state index < -0.39 is 26.8 Å². The zero-order chi connectivity index (χ0) is 28.4. The molecule has 1 amide bonds. The van der Waals surface area contributed by atoms with Gasteiger partial charge in [-0.15, -0.1) is 0 Å². The topological polar surface area (TPSA) is 78.5 Å². The van der Waals surface area contributed by atoms with Gasteiger partial charge >= 0.3 is 6.09 Å². The molecule has 2 N–H and O–H groups in total. The van der Waals surface area contributed by atoms with Gasteiger partial charge in [-0.1, -0.05) is 93.6 Å². The minimum atomic E-state index is -3.22. The molecule has 208 valence electrons. The van der Waals surface area contributed by atoms with Gasteiger partial charge in [0.1, 0.15) is 5.69 Å². The number of H-pyrrole nitrogens is 1. The number of alkyl halides is 2. The predicted molar refractivity (Wildman–Crippen MR) is 151 cm³/mol. The lowest BCUT2D eigenvalue weighted by Crippen LogP contribution is -2.66. The molecule has 0 unspecified atom stereocenters. The van der Waals surface area contributed by atoms with Crippen molar-refractivity contribution in [3.8, 4) is 0 Å². The molecule has 4 rings (SSSR count). The summed E-state index contributed by atoms with van der Waals surface area (Å²) in [5, 5.41) is 18.1. The molecule has 3 aromatic rings. The molecule has 9 heteroatoms. The molecular weight excluding hydrogens is 516 g/mol. The summed E-state index contributed by atoms with van der Waals surface area (Å²) in [6.07, 6.45) is -1.25. The maximum atomic E-state index is 15.4. The second-order valence-electron chi connectivity index (χ2n) is 11.4. The van der Waals surface area contributed by atoms with Crippen molar-refractivity contribution < 1.29 is 23.1 Å². The molecule has 1 aliphatic heterocycles. The summed E-state index contributed by atoms with van der Waals surface area (Å²) in [6.45, 7) is 12.4. The quantitative estimate of drug-likeness (QED) is 0.258. The van der Waals surface area contributed by atoms with Crippen molar-refractivity contribution in [2.45, 2.75) is 70.5 Å². The molecular formula is C30H37F2N3O3Si. The van der Waals surface area contributed by atoms with E-state index in [1.54, 1.807) is 6.92 Å². The Kier molecular flexibility index (Phi) is 8.14. The summed E-state index contributed by atoms with van der Waals surface area (Å²) < 4.78 is 37.7. The molecule has 6 nitrogen and oxygen atoms in total. The zero-order valence-corrected chi connectivity index (χ0v) is 24.0. The number of nitrogens with one attached hydrogen (secondary N) is 1. The van der Waals surface area contributed by atoms with E-state index in [0.29, 0.717) is 17.7 Å². The fraction of sp³-hybridized carbons (Fsp3) is 0.400. The Bertz CT molecular complexity index is 1270. The van der Waals surface area contributed by atoms with E-state index in [-0.39, 0.29) is 41.9 Å². The summed E-state index contributed by atoms with van der Waals surface area (Å²) in [4.78, 5) is 12.8. The Morgan fingerprint density at radius 2 is 1.69 bits per heavy atom. The van der Waals surface area contributed by atoms with Crippen LogP contribution in [-0.4, -0.2) is 47.3 Å². The van der Waals surface area contributed by atoms with Crippen LogP contribution < -0.4 is 10.4 Å². The lowest BCUT2D eigenvalue weighted by atomic mass is 9.96. The van der Waals surface area contributed by atoms with Crippen LogP contribution in [0.3, 0.4) is 0 Å². The summed E-state index contributed by atoms with van der Waals surface area (Å²) in [7, 11) is -2.81. The highest BCUT2D eigenvalue weighted by molar-refractivity contribution is 6.99. The zero-order valence-electron chi connectivity index (χ0n) is 23.0. The fourth-order valence-corrected chi connectivity index (χ4v) is 10.1. The summed E-state index contributed by atoms with van der Waals surface area (Å²) in [6, 6.07) is 20.0. The molecule has 0 fully saturated rings. The van der Waals surface area contributed by atoms with Crippen LogP contribution in [0, 0.1) is 0 Å². The van der Waals surface area contributed by atoms with E-state index in [4.69, 9.17) is 4.43 Å². The number of halogens is 2. The van der Waals surface area contributed by atoms with Crippen molar-refractivity contribution in [3.05, 3.63) is 89.8 Å². The van der Waals surface area contributed by atoms with Gasteiger partial charge in [-0.2, -0.15) is 13.9 Å². The number of hydrogen-bond acceptors (Lipinski definition) is 3. The van der Waals surface area contributed by atoms with Crippen LogP contribution >= 0.6 is 0 Å². The molecule has 2 heterocycles.